The minimum atomic E-state index is -0.0476. The van der Waals surface area contributed by atoms with E-state index in [2.05, 4.69) is 20.6 Å². The maximum Gasteiger partial charge on any atom is 0.228 e. The summed E-state index contributed by atoms with van der Waals surface area (Å²) in [6.45, 7) is 2.68. The van der Waals surface area contributed by atoms with Crippen LogP contribution in [-0.2, 0) is 17.8 Å². The maximum absolute atomic E-state index is 12.2. The van der Waals surface area contributed by atoms with E-state index in [0.717, 1.165) is 22.5 Å². The van der Waals surface area contributed by atoms with Crippen LogP contribution in [0, 0.1) is 6.92 Å². The molecule has 0 fully saturated rings. The largest absolute Gasteiger partial charge is 0.366 e. The molecule has 0 saturated heterocycles. The minimum Gasteiger partial charge on any atom is -0.366 e. The molecule has 1 aromatic carbocycles. The summed E-state index contributed by atoms with van der Waals surface area (Å²) in [6.07, 6.45) is 5.54. The van der Waals surface area contributed by atoms with Crippen LogP contribution < -0.4 is 10.6 Å². The summed E-state index contributed by atoms with van der Waals surface area (Å²) in [7, 11) is 0. The third-order valence-electron chi connectivity index (χ3n) is 3.88. The van der Waals surface area contributed by atoms with Gasteiger partial charge in [-0.15, -0.1) is 0 Å². The Bertz CT molecular complexity index is 832. The van der Waals surface area contributed by atoms with Gasteiger partial charge in [-0.25, -0.2) is 4.98 Å². The molecule has 0 atom stereocenters. The Kier molecular flexibility index (Phi) is 5.36. The second-order valence-corrected chi connectivity index (χ2v) is 5.79. The Morgan fingerprint density at radius 2 is 1.84 bits per heavy atom. The Labute approximate surface area is 147 Å². The van der Waals surface area contributed by atoms with Gasteiger partial charge in [0.2, 0.25) is 5.91 Å². The number of benzene rings is 1. The molecular weight excluding hydrogens is 312 g/mol. The summed E-state index contributed by atoms with van der Waals surface area (Å²) in [4.78, 5) is 20.5. The summed E-state index contributed by atoms with van der Waals surface area (Å²) in [5.74, 6) is 0.710. The smallest absolute Gasteiger partial charge is 0.228 e. The summed E-state index contributed by atoms with van der Waals surface area (Å²) in [5, 5.41) is 6.12. The molecule has 3 aromatic rings. The Balaban J connectivity index is 1.53. The zero-order chi connectivity index (χ0) is 17.5. The molecule has 0 saturated carbocycles. The molecule has 0 aliphatic carbocycles. The highest BCUT2D eigenvalue weighted by Crippen LogP contribution is 2.13. The number of hydrogen-bond donors (Lipinski definition) is 2. The molecule has 0 radical (unpaired) electrons. The molecule has 0 aliphatic heterocycles. The molecule has 3 rings (SSSR count). The van der Waals surface area contributed by atoms with Gasteiger partial charge >= 0.3 is 0 Å². The van der Waals surface area contributed by atoms with Crippen LogP contribution in [0.4, 0.5) is 11.5 Å². The first-order valence-electron chi connectivity index (χ1n) is 8.14. The van der Waals surface area contributed by atoms with Crippen molar-refractivity contribution in [2.24, 2.45) is 0 Å². The van der Waals surface area contributed by atoms with E-state index in [4.69, 9.17) is 0 Å². The van der Waals surface area contributed by atoms with Crippen LogP contribution >= 0.6 is 0 Å². The van der Waals surface area contributed by atoms with Crippen LogP contribution in [0.15, 0.2) is 67.1 Å². The van der Waals surface area contributed by atoms with Gasteiger partial charge in [-0.3, -0.25) is 9.78 Å². The number of aryl methyl sites for hydroxylation is 1. The van der Waals surface area contributed by atoms with E-state index >= 15 is 0 Å². The van der Waals surface area contributed by atoms with Crippen molar-refractivity contribution >= 4 is 17.4 Å². The molecule has 2 N–H and O–H groups in total. The quantitative estimate of drug-likeness (QED) is 0.724. The zero-order valence-electron chi connectivity index (χ0n) is 14.1. The first-order chi connectivity index (χ1) is 12.2. The van der Waals surface area contributed by atoms with E-state index in [-0.39, 0.29) is 5.91 Å². The number of carbonyl (C=O) groups excluding carboxylic acids is 1. The molecule has 0 aliphatic rings. The molecule has 2 aromatic heterocycles. The van der Waals surface area contributed by atoms with E-state index in [9.17, 15) is 4.79 Å². The van der Waals surface area contributed by atoms with E-state index in [1.54, 1.807) is 18.6 Å². The van der Waals surface area contributed by atoms with Crippen LogP contribution in [0.5, 0.6) is 0 Å². The number of hydrogen-bond acceptors (Lipinski definition) is 4. The maximum atomic E-state index is 12.2. The minimum absolute atomic E-state index is 0.0476. The van der Waals surface area contributed by atoms with Crippen molar-refractivity contribution in [3.8, 4) is 0 Å². The molecule has 5 heteroatoms. The number of anilines is 2. The van der Waals surface area contributed by atoms with E-state index in [0.29, 0.717) is 18.7 Å². The fourth-order valence-corrected chi connectivity index (χ4v) is 2.45. The summed E-state index contributed by atoms with van der Waals surface area (Å²) in [6, 6.07) is 15.5. The van der Waals surface area contributed by atoms with Crippen molar-refractivity contribution in [3.05, 3.63) is 83.8 Å². The lowest BCUT2D eigenvalue weighted by Crippen LogP contribution is -2.15. The van der Waals surface area contributed by atoms with Gasteiger partial charge in [0.15, 0.2) is 0 Å². The molecule has 25 heavy (non-hydrogen) atoms. The number of carbonyl (C=O) groups is 1. The second-order valence-electron chi connectivity index (χ2n) is 5.79. The third-order valence-corrected chi connectivity index (χ3v) is 3.88. The average Bonchev–Trinajstić information content (AvgIpc) is 2.64. The molecule has 5 nitrogen and oxygen atoms in total. The monoisotopic (exact) mass is 332 g/mol. The van der Waals surface area contributed by atoms with E-state index in [1.165, 1.54) is 0 Å². The van der Waals surface area contributed by atoms with Gasteiger partial charge in [0.25, 0.3) is 0 Å². The molecular formula is C20H20N4O. The van der Waals surface area contributed by atoms with Gasteiger partial charge in [0.1, 0.15) is 5.82 Å². The SMILES string of the molecule is Cc1ccccc1CC(=O)Nc1ccc(NCc2ccncc2)nc1. The second kappa shape index (κ2) is 8.06. The predicted octanol–water partition coefficient (Wildman–Crippen LogP) is 3.58. The topological polar surface area (TPSA) is 66.9 Å². The van der Waals surface area contributed by atoms with Crippen molar-refractivity contribution in [3.63, 3.8) is 0 Å². The van der Waals surface area contributed by atoms with Gasteiger partial charge in [-0.1, -0.05) is 24.3 Å². The Morgan fingerprint density at radius 1 is 1.04 bits per heavy atom. The third kappa shape index (κ3) is 4.88. The van der Waals surface area contributed by atoms with Crippen molar-refractivity contribution in [1.29, 1.82) is 0 Å². The van der Waals surface area contributed by atoms with Crippen molar-refractivity contribution < 1.29 is 4.79 Å². The van der Waals surface area contributed by atoms with E-state index in [1.807, 2.05) is 55.5 Å². The number of rotatable bonds is 6. The number of aromatic nitrogens is 2. The van der Waals surface area contributed by atoms with Crippen LogP contribution in [0.2, 0.25) is 0 Å². The van der Waals surface area contributed by atoms with Gasteiger partial charge < -0.3 is 10.6 Å². The number of nitrogens with one attached hydrogen (secondary N) is 2. The average molecular weight is 332 g/mol. The molecule has 126 valence electrons. The zero-order valence-corrected chi connectivity index (χ0v) is 14.1. The lowest BCUT2D eigenvalue weighted by atomic mass is 10.1. The summed E-state index contributed by atoms with van der Waals surface area (Å²) < 4.78 is 0. The highest BCUT2D eigenvalue weighted by atomic mass is 16.1. The molecule has 0 bridgehead atoms. The first-order valence-corrected chi connectivity index (χ1v) is 8.14. The Morgan fingerprint density at radius 3 is 2.56 bits per heavy atom. The fourth-order valence-electron chi connectivity index (χ4n) is 2.45. The highest BCUT2D eigenvalue weighted by molar-refractivity contribution is 5.92. The molecule has 0 spiro atoms. The normalized spacial score (nSPS) is 10.3. The van der Waals surface area contributed by atoms with Crippen molar-refractivity contribution in [1.82, 2.24) is 9.97 Å². The number of pyridine rings is 2. The lowest BCUT2D eigenvalue weighted by molar-refractivity contribution is -0.115. The summed E-state index contributed by atoms with van der Waals surface area (Å²) >= 11 is 0. The van der Waals surface area contributed by atoms with Gasteiger partial charge in [0.05, 0.1) is 18.3 Å². The van der Waals surface area contributed by atoms with Crippen LogP contribution in [0.1, 0.15) is 16.7 Å². The van der Waals surface area contributed by atoms with Crippen LogP contribution in [-0.4, -0.2) is 15.9 Å². The molecule has 2 heterocycles. The first kappa shape index (κ1) is 16.6. The van der Waals surface area contributed by atoms with Crippen molar-refractivity contribution in [2.75, 3.05) is 10.6 Å². The lowest BCUT2D eigenvalue weighted by Gasteiger charge is -2.09. The van der Waals surface area contributed by atoms with Gasteiger partial charge in [-0.2, -0.15) is 0 Å². The van der Waals surface area contributed by atoms with Crippen LogP contribution in [0.3, 0.4) is 0 Å². The van der Waals surface area contributed by atoms with Gasteiger partial charge in [-0.05, 0) is 47.9 Å². The predicted molar refractivity (Wildman–Crippen MR) is 99.3 cm³/mol. The Hall–Kier alpha value is -3.21. The number of amides is 1. The fraction of sp³-hybridized carbons (Fsp3) is 0.150. The van der Waals surface area contributed by atoms with Crippen molar-refractivity contribution in [2.45, 2.75) is 19.9 Å². The highest BCUT2D eigenvalue weighted by Gasteiger charge is 2.06. The number of nitrogens with zero attached hydrogens (tertiary/aromatic N) is 2. The van der Waals surface area contributed by atoms with Crippen LogP contribution in [0.25, 0.3) is 0 Å². The van der Waals surface area contributed by atoms with Gasteiger partial charge in [0, 0.05) is 18.9 Å². The standard InChI is InChI=1S/C20H20N4O/c1-15-4-2-3-5-17(15)12-20(25)24-18-6-7-19(23-14-18)22-13-16-8-10-21-11-9-16/h2-11,14H,12-13H2,1H3,(H,22,23)(H,24,25). The molecule has 1 amide bonds. The summed E-state index contributed by atoms with van der Waals surface area (Å²) in [5.41, 5.74) is 3.97. The van der Waals surface area contributed by atoms with E-state index < -0.39 is 0 Å². The molecule has 0 unspecified atom stereocenters.